The maximum Gasteiger partial charge on any atom is 0.312 e. The predicted octanol–water partition coefficient (Wildman–Crippen LogP) is 2.88. The molecule has 9 heteroatoms. The van der Waals surface area contributed by atoms with Crippen molar-refractivity contribution in [2.24, 2.45) is 11.8 Å². The van der Waals surface area contributed by atoms with Gasteiger partial charge in [-0.2, -0.15) is 0 Å². The second-order valence-corrected chi connectivity index (χ2v) is 11.7. The van der Waals surface area contributed by atoms with Crippen molar-refractivity contribution in [1.29, 1.82) is 0 Å². The van der Waals surface area contributed by atoms with Gasteiger partial charge in [0.25, 0.3) is 0 Å². The van der Waals surface area contributed by atoms with Gasteiger partial charge in [-0.15, -0.1) is 13.2 Å². The van der Waals surface area contributed by atoms with E-state index in [2.05, 4.69) is 29.1 Å². The van der Waals surface area contributed by atoms with Crippen molar-refractivity contribution in [3.05, 3.63) is 61.2 Å². The molecule has 38 heavy (non-hydrogen) atoms. The van der Waals surface area contributed by atoms with E-state index in [0.29, 0.717) is 25.8 Å². The van der Waals surface area contributed by atoms with Crippen LogP contribution >= 0.6 is 15.9 Å². The molecule has 3 heterocycles. The topological polar surface area (TPSA) is 96.4 Å². The zero-order chi connectivity index (χ0) is 27.6. The van der Waals surface area contributed by atoms with Gasteiger partial charge >= 0.3 is 5.97 Å². The first-order chi connectivity index (χ1) is 18.2. The standard InChI is InChI=1S/C29H37BrN2O6/c1-5-7-14-37-28(36)22-23-26(34)32(20(17-33)15-19-11-9-8-10-12-19)25(27(35)31(13-6-2)18(3)4)29(23)16-21(30)24(22)38-29/h5-6,8-12,18,20-25,33H,1-2,7,13-17H2,3-4H3/t20-,21?,22-,23+,24-,25?,29?/m1/s1. The number of carbonyl (C=O) groups is 3. The summed E-state index contributed by atoms with van der Waals surface area (Å²) in [4.78, 5) is 44.8. The largest absolute Gasteiger partial charge is 0.465 e. The Morgan fingerprint density at radius 2 is 2.00 bits per heavy atom. The first kappa shape index (κ1) is 28.5. The minimum atomic E-state index is -1.21. The van der Waals surface area contributed by atoms with Crippen LogP contribution in [0.3, 0.4) is 0 Å². The number of hydrogen-bond donors (Lipinski definition) is 1. The molecule has 0 saturated carbocycles. The van der Waals surface area contributed by atoms with Gasteiger partial charge in [-0.05, 0) is 38.7 Å². The van der Waals surface area contributed by atoms with Gasteiger partial charge in [0, 0.05) is 17.4 Å². The molecule has 3 aliphatic heterocycles. The summed E-state index contributed by atoms with van der Waals surface area (Å²) >= 11 is 3.67. The van der Waals surface area contributed by atoms with Crippen LogP contribution in [-0.2, 0) is 30.3 Å². The number of halogens is 1. The molecule has 7 atom stereocenters. The molecule has 2 amide bonds. The van der Waals surface area contributed by atoms with Crippen molar-refractivity contribution in [2.75, 3.05) is 19.8 Å². The quantitative estimate of drug-likeness (QED) is 0.174. The lowest BCUT2D eigenvalue weighted by Gasteiger charge is -2.40. The molecule has 2 bridgehead atoms. The molecule has 0 aliphatic carbocycles. The van der Waals surface area contributed by atoms with Crippen LogP contribution in [0.5, 0.6) is 0 Å². The lowest BCUT2D eigenvalue weighted by Crippen LogP contribution is -2.60. The number of rotatable bonds is 12. The maximum absolute atomic E-state index is 14.3. The van der Waals surface area contributed by atoms with Crippen molar-refractivity contribution in [3.8, 4) is 0 Å². The number of alkyl halides is 1. The zero-order valence-electron chi connectivity index (χ0n) is 22.0. The molecule has 3 fully saturated rings. The Morgan fingerprint density at radius 1 is 1.29 bits per heavy atom. The number of nitrogens with zero attached hydrogens (tertiary/aromatic N) is 2. The van der Waals surface area contributed by atoms with E-state index in [9.17, 15) is 19.5 Å². The summed E-state index contributed by atoms with van der Waals surface area (Å²) in [7, 11) is 0. The van der Waals surface area contributed by atoms with E-state index in [1.165, 1.54) is 4.90 Å². The molecule has 206 valence electrons. The second-order valence-electron chi connectivity index (χ2n) is 10.6. The Kier molecular flexibility index (Phi) is 8.79. The molecule has 1 N–H and O–H groups in total. The molecule has 3 saturated heterocycles. The van der Waals surface area contributed by atoms with Gasteiger partial charge in [-0.25, -0.2) is 0 Å². The van der Waals surface area contributed by atoms with Crippen molar-refractivity contribution in [1.82, 2.24) is 9.80 Å². The number of hydrogen-bond acceptors (Lipinski definition) is 6. The van der Waals surface area contributed by atoms with E-state index in [-0.39, 0.29) is 35.9 Å². The number of esters is 1. The first-order valence-corrected chi connectivity index (χ1v) is 14.1. The molecule has 1 aromatic carbocycles. The van der Waals surface area contributed by atoms with Gasteiger partial charge in [0.15, 0.2) is 0 Å². The third kappa shape index (κ3) is 4.84. The summed E-state index contributed by atoms with van der Waals surface area (Å²) in [5.74, 6) is -2.87. The SMILES string of the molecule is C=CCCOC(=O)[C@H]1[C@@H]2OC3(CC2Br)C(C(=O)N(CC=C)C(C)C)N([C@@H](CO)Cc2ccccc2)C(=O)[C@H]13. The van der Waals surface area contributed by atoms with Crippen LogP contribution in [0.4, 0.5) is 0 Å². The van der Waals surface area contributed by atoms with Gasteiger partial charge in [-0.1, -0.05) is 58.4 Å². The van der Waals surface area contributed by atoms with Gasteiger partial charge in [-0.3, -0.25) is 14.4 Å². The Labute approximate surface area is 232 Å². The van der Waals surface area contributed by atoms with E-state index >= 15 is 0 Å². The molecule has 0 aromatic heterocycles. The fourth-order valence-corrected chi connectivity index (χ4v) is 7.28. The summed E-state index contributed by atoms with van der Waals surface area (Å²) in [6.45, 7) is 11.4. The highest BCUT2D eigenvalue weighted by Gasteiger charge is 2.77. The van der Waals surface area contributed by atoms with Crippen LogP contribution in [0.2, 0.25) is 0 Å². The van der Waals surface area contributed by atoms with Crippen LogP contribution in [0.25, 0.3) is 0 Å². The predicted molar refractivity (Wildman–Crippen MR) is 146 cm³/mol. The van der Waals surface area contributed by atoms with Crippen LogP contribution < -0.4 is 0 Å². The Bertz CT molecular complexity index is 1060. The average Bonchev–Trinajstić information content (AvgIpc) is 3.49. The summed E-state index contributed by atoms with van der Waals surface area (Å²) in [5, 5.41) is 10.5. The molecular weight excluding hydrogens is 552 g/mol. The van der Waals surface area contributed by atoms with Crippen LogP contribution in [0, 0.1) is 11.8 Å². The highest BCUT2D eigenvalue weighted by atomic mass is 79.9. The van der Waals surface area contributed by atoms with Crippen LogP contribution in [0.15, 0.2) is 55.6 Å². The fraction of sp³-hybridized carbons (Fsp3) is 0.552. The maximum atomic E-state index is 14.3. The van der Waals surface area contributed by atoms with E-state index in [4.69, 9.17) is 9.47 Å². The van der Waals surface area contributed by atoms with Gasteiger partial charge in [0.2, 0.25) is 11.8 Å². The van der Waals surface area contributed by atoms with Crippen molar-refractivity contribution in [2.45, 2.75) is 67.8 Å². The molecule has 3 unspecified atom stereocenters. The minimum absolute atomic E-state index is 0.159. The molecule has 3 aliphatic rings. The molecular formula is C29H37BrN2O6. The lowest BCUT2D eigenvalue weighted by atomic mass is 9.70. The van der Waals surface area contributed by atoms with Crippen LogP contribution in [0.1, 0.15) is 32.3 Å². The molecule has 1 aromatic rings. The number of fused-ring (bicyclic) bond motifs is 1. The van der Waals surface area contributed by atoms with Gasteiger partial charge in [0.05, 0.1) is 37.2 Å². The van der Waals surface area contributed by atoms with Crippen molar-refractivity contribution < 1.29 is 29.0 Å². The smallest absolute Gasteiger partial charge is 0.312 e. The highest BCUT2D eigenvalue weighted by molar-refractivity contribution is 9.09. The number of carbonyl (C=O) groups excluding carboxylic acids is 3. The van der Waals surface area contributed by atoms with E-state index in [0.717, 1.165) is 5.56 Å². The normalized spacial score (nSPS) is 30.3. The van der Waals surface area contributed by atoms with Gasteiger partial charge < -0.3 is 24.4 Å². The summed E-state index contributed by atoms with van der Waals surface area (Å²) in [6.07, 6.45) is 3.96. The monoisotopic (exact) mass is 588 g/mol. The molecule has 8 nitrogen and oxygen atoms in total. The third-order valence-electron chi connectivity index (χ3n) is 7.95. The molecule has 1 spiro atoms. The Balaban J connectivity index is 1.78. The number of likely N-dealkylation sites (tertiary alicyclic amines) is 1. The number of ether oxygens (including phenoxy) is 2. The summed E-state index contributed by atoms with van der Waals surface area (Å²) in [6, 6.07) is 7.70. The zero-order valence-corrected chi connectivity index (χ0v) is 23.6. The number of amides is 2. The third-order valence-corrected chi connectivity index (χ3v) is 8.79. The van der Waals surface area contributed by atoms with Crippen molar-refractivity contribution in [3.63, 3.8) is 0 Å². The summed E-state index contributed by atoms with van der Waals surface area (Å²) < 4.78 is 12.1. The number of benzene rings is 1. The van der Waals surface area contributed by atoms with Crippen LogP contribution in [-0.4, -0.2) is 87.1 Å². The first-order valence-electron chi connectivity index (χ1n) is 13.2. The number of aliphatic hydroxyl groups is 1. The highest BCUT2D eigenvalue weighted by Crippen LogP contribution is 2.60. The molecule has 0 radical (unpaired) electrons. The van der Waals surface area contributed by atoms with Gasteiger partial charge in [0.1, 0.15) is 11.6 Å². The Morgan fingerprint density at radius 3 is 2.61 bits per heavy atom. The fourth-order valence-electron chi connectivity index (χ4n) is 6.34. The Hall–Kier alpha value is -2.49. The molecule has 4 rings (SSSR count). The van der Waals surface area contributed by atoms with E-state index in [1.807, 2.05) is 44.2 Å². The average molecular weight is 590 g/mol. The number of aliphatic hydroxyl groups excluding tert-OH is 1. The van der Waals surface area contributed by atoms with E-state index < -0.39 is 41.6 Å². The van der Waals surface area contributed by atoms with E-state index in [1.54, 1.807) is 17.1 Å². The van der Waals surface area contributed by atoms with Crippen molar-refractivity contribution >= 4 is 33.7 Å². The lowest BCUT2D eigenvalue weighted by molar-refractivity contribution is -0.156. The second kappa shape index (κ2) is 11.7. The minimum Gasteiger partial charge on any atom is -0.465 e. The summed E-state index contributed by atoms with van der Waals surface area (Å²) in [5.41, 5.74) is -0.288.